The van der Waals surface area contributed by atoms with Crippen molar-refractivity contribution in [3.63, 3.8) is 0 Å². The molecule has 7 heteroatoms. The van der Waals surface area contributed by atoms with Crippen LogP contribution in [-0.2, 0) is 22.3 Å². The fraction of sp³-hybridized carbons (Fsp3) is 0.346. The van der Waals surface area contributed by atoms with Gasteiger partial charge in [0.25, 0.3) is 0 Å². The van der Waals surface area contributed by atoms with Crippen molar-refractivity contribution in [2.45, 2.75) is 46.8 Å². The van der Waals surface area contributed by atoms with E-state index in [4.69, 9.17) is 20.3 Å². The Morgan fingerprint density at radius 1 is 0.939 bits per heavy atom. The van der Waals surface area contributed by atoms with E-state index in [-0.39, 0.29) is 30.2 Å². The van der Waals surface area contributed by atoms with Crippen LogP contribution >= 0.6 is 12.4 Å². The minimum absolute atomic E-state index is 0. The standard InChI is InChI=1S/C11H11NO.C8H11NO.C7H14O2.ClH/c1-2-8-6-9-4-3-5-12-11(9)10(13)7-8;1-2-6-3-4-7(9)8(10)5-6;1-4-7(8-5-2)9-6-3;/h3-7,13H,2H2,1H3;3-5,10H,2,9H2,1H3;4,7H,1,5-6H2,2-3H3;1H. The minimum Gasteiger partial charge on any atom is -0.506 e. The second-order valence-corrected chi connectivity index (χ2v) is 6.81. The maximum Gasteiger partial charge on any atom is 0.176 e. The number of aromatic hydroxyl groups is 2. The molecule has 0 bridgehead atoms. The largest absolute Gasteiger partial charge is 0.506 e. The number of aromatic nitrogens is 1. The first kappa shape index (κ1) is 30.2. The van der Waals surface area contributed by atoms with Crippen molar-refractivity contribution in [2.24, 2.45) is 0 Å². The van der Waals surface area contributed by atoms with Crippen LogP contribution in [0.3, 0.4) is 0 Å². The highest BCUT2D eigenvalue weighted by Gasteiger charge is 2.01. The van der Waals surface area contributed by atoms with E-state index in [0.29, 0.717) is 24.4 Å². The molecule has 6 nitrogen and oxygen atoms in total. The van der Waals surface area contributed by atoms with Crippen LogP contribution in [0.1, 0.15) is 38.8 Å². The molecule has 0 aliphatic heterocycles. The molecule has 182 valence electrons. The van der Waals surface area contributed by atoms with Crippen molar-refractivity contribution in [3.05, 3.63) is 72.4 Å². The molecule has 0 amide bonds. The summed E-state index contributed by atoms with van der Waals surface area (Å²) in [6.07, 6.45) is 4.97. The van der Waals surface area contributed by atoms with Crippen LogP contribution < -0.4 is 5.73 Å². The van der Waals surface area contributed by atoms with Gasteiger partial charge in [0.2, 0.25) is 0 Å². The quantitative estimate of drug-likeness (QED) is 0.166. The molecule has 0 spiro atoms. The topological polar surface area (TPSA) is 97.8 Å². The van der Waals surface area contributed by atoms with E-state index in [2.05, 4.69) is 24.6 Å². The lowest BCUT2D eigenvalue weighted by Gasteiger charge is -2.10. The molecule has 0 atom stereocenters. The average molecular weight is 477 g/mol. The summed E-state index contributed by atoms with van der Waals surface area (Å²) >= 11 is 0. The molecule has 4 N–H and O–H groups in total. The van der Waals surface area contributed by atoms with E-state index in [1.54, 1.807) is 30.5 Å². The molecular formula is C26H37ClN2O4. The maximum atomic E-state index is 9.62. The van der Waals surface area contributed by atoms with Crippen LogP contribution in [0.5, 0.6) is 11.5 Å². The Balaban J connectivity index is 0.000000470. The van der Waals surface area contributed by atoms with Crippen LogP contribution in [0.25, 0.3) is 10.9 Å². The first-order valence-electron chi connectivity index (χ1n) is 10.9. The number of anilines is 1. The number of hydrogen-bond donors (Lipinski definition) is 3. The van der Waals surface area contributed by atoms with Crippen LogP contribution in [0, 0.1) is 0 Å². The summed E-state index contributed by atoms with van der Waals surface area (Å²) in [6.45, 7) is 12.8. The zero-order valence-corrected chi connectivity index (χ0v) is 20.8. The smallest absolute Gasteiger partial charge is 0.176 e. The summed E-state index contributed by atoms with van der Waals surface area (Å²) < 4.78 is 10.2. The van der Waals surface area contributed by atoms with Crippen molar-refractivity contribution >= 4 is 29.0 Å². The molecule has 0 saturated heterocycles. The van der Waals surface area contributed by atoms with Crippen molar-refractivity contribution in [1.82, 2.24) is 4.98 Å². The number of nitrogens with zero attached hydrogens (tertiary/aromatic N) is 1. The van der Waals surface area contributed by atoms with Gasteiger partial charge in [-0.05, 0) is 74.2 Å². The van der Waals surface area contributed by atoms with E-state index in [9.17, 15) is 5.11 Å². The second kappa shape index (κ2) is 16.8. The predicted octanol–water partition coefficient (Wildman–Crippen LogP) is 6.03. The van der Waals surface area contributed by atoms with Gasteiger partial charge in [-0.15, -0.1) is 12.4 Å². The van der Waals surface area contributed by atoms with Crippen LogP contribution in [0.4, 0.5) is 5.69 Å². The Hall–Kier alpha value is -2.80. The second-order valence-electron chi connectivity index (χ2n) is 6.81. The zero-order chi connectivity index (χ0) is 23.9. The zero-order valence-electron chi connectivity index (χ0n) is 20.0. The van der Waals surface area contributed by atoms with E-state index in [1.165, 1.54) is 0 Å². The first-order valence-corrected chi connectivity index (χ1v) is 10.9. The van der Waals surface area contributed by atoms with Crippen LogP contribution in [0.15, 0.2) is 61.3 Å². The molecule has 0 saturated carbocycles. The Morgan fingerprint density at radius 3 is 2.06 bits per heavy atom. The summed E-state index contributed by atoms with van der Waals surface area (Å²) in [4.78, 5) is 4.11. The molecule has 3 rings (SSSR count). The average Bonchev–Trinajstić information content (AvgIpc) is 2.81. The SMILES string of the molecule is C=CC(OCC)OCC.CCc1cc(O)c2ncccc2c1.CCc1ccc(N)c(O)c1.Cl. The molecular weight excluding hydrogens is 440 g/mol. The highest BCUT2D eigenvalue weighted by atomic mass is 35.5. The lowest BCUT2D eigenvalue weighted by Crippen LogP contribution is -2.13. The molecule has 0 radical (unpaired) electrons. The number of halogens is 1. The van der Waals surface area contributed by atoms with Crippen LogP contribution in [-0.4, -0.2) is 34.7 Å². The highest BCUT2D eigenvalue weighted by molar-refractivity contribution is 5.85. The number of nitrogen functional groups attached to an aromatic ring is 1. The summed E-state index contributed by atoms with van der Waals surface area (Å²) in [5.74, 6) is 0.453. The number of hydrogen-bond acceptors (Lipinski definition) is 6. The lowest BCUT2D eigenvalue weighted by atomic mass is 10.1. The molecule has 33 heavy (non-hydrogen) atoms. The number of fused-ring (bicyclic) bond motifs is 1. The maximum absolute atomic E-state index is 9.62. The van der Waals surface area contributed by atoms with Crippen molar-refractivity contribution in [2.75, 3.05) is 18.9 Å². The van der Waals surface area contributed by atoms with Gasteiger partial charge >= 0.3 is 0 Å². The third kappa shape index (κ3) is 10.6. The summed E-state index contributed by atoms with van der Waals surface area (Å²) in [5.41, 5.74) is 8.76. The van der Waals surface area contributed by atoms with Gasteiger partial charge in [0, 0.05) is 24.8 Å². The number of rotatable bonds is 7. The molecule has 0 unspecified atom stereocenters. The molecule has 3 aromatic rings. The lowest BCUT2D eigenvalue weighted by molar-refractivity contribution is -0.103. The van der Waals surface area contributed by atoms with Gasteiger partial charge in [-0.25, -0.2) is 0 Å². The van der Waals surface area contributed by atoms with E-state index in [0.717, 1.165) is 29.4 Å². The third-order valence-corrected chi connectivity index (χ3v) is 4.51. The summed E-state index contributed by atoms with van der Waals surface area (Å²) in [6, 6.07) is 13.0. The molecule has 1 aromatic heterocycles. The molecule has 1 heterocycles. The van der Waals surface area contributed by atoms with Gasteiger partial charge in [0.15, 0.2) is 6.29 Å². The monoisotopic (exact) mass is 476 g/mol. The summed E-state index contributed by atoms with van der Waals surface area (Å²) in [5, 5.41) is 19.7. The predicted molar refractivity (Wildman–Crippen MR) is 139 cm³/mol. The number of pyridine rings is 1. The van der Waals surface area contributed by atoms with Crippen molar-refractivity contribution < 1.29 is 19.7 Å². The van der Waals surface area contributed by atoms with Crippen molar-refractivity contribution in [1.29, 1.82) is 0 Å². The number of benzene rings is 2. The summed E-state index contributed by atoms with van der Waals surface area (Å²) in [7, 11) is 0. The Kier molecular flexibility index (Phi) is 15.4. The normalized spacial score (nSPS) is 9.85. The first-order chi connectivity index (χ1) is 15.4. The minimum atomic E-state index is -0.222. The van der Waals surface area contributed by atoms with Gasteiger partial charge in [-0.1, -0.05) is 32.6 Å². The number of phenols is 2. The molecule has 0 fully saturated rings. The Labute approximate surface area is 203 Å². The van der Waals surface area contributed by atoms with Crippen LogP contribution in [0.2, 0.25) is 0 Å². The Bertz CT molecular complexity index is 960. The van der Waals surface area contributed by atoms with Gasteiger partial charge in [0.1, 0.15) is 17.0 Å². The highest BCUT2D eigenvalue weighted by Crippen LogP contribution is 2.24. The van der Waals surface area contributed by atoms with E-state index < -0.39 is 0 Å². The van der Waals surface area contributed by atoms with Gasteiger partial charge in [0.05, 0.1) is 5.69 Å². The van der Waals surface area contributed by atoms with Gasteiger partial charge in [-0.3, -0.25) is 4.98 Å². The molecule has 0 aliphatic rings. The molecule has 0 aliphatic carbocycles. The fourth-order valence-electron chi connectivity index (χ4n) is 2.76. The van der Waals surface area contributed by atoms with E-state index >= 15 is 0 Å². The Morgan fingerprint density at radius 2 is 1.55 bits per heavy atom. The fourth-order valence-corrected chi connectivity index (χ4v) is 2.76. The number of aryl methyl sites for hydroxylation is 2. The number of ether oxygens (including phenoxy) is 2. The van der Waals surface area contributed by atoms with Gasteiger partial charge < -0.3 is 25.4 Å². The van der Waals surface area contributed by atoms with Crippen molar-refractivity contribution in [3.8, 4) is 11.5 Å². The van der Waals surface area contributed by atoms with Gasteiger partial charge in [-0.2, -0.15) is 0 Å². The third-order valence-electron chi connectivity index (χ3n) is 4.51. The number of phenolic OH excluding ortho intramolecular Hbond substituents is 2. The number of nitrogens with two attached hydrogens (primary N) is 1. The van der Waals surface area contributed by atoms with E-state index in [1.807, 2.05) is 39.0 Å². The molecule has 2 aromatic carbocycles.